The van der Waals surface area contributed by atoms with Gasteiger partial charge in [-0.2, -0.15) is 0 Å². The molecule has 7 heteroatoms. The average molecular weight is 245 g/mol. The van der Waals surface area contributed by atoms with Crippen LogP contribution in [0.25, 0.3) is 0 Å². The molecule has 0 fully saturated rings. The number of hydrogen-bond acceptors (Lipinski definition) is 4. The van der Waals surface area contributed by atoms with Crippen LogP contribution in [-0.4, -0.2) is 53.6 Å². The summed E-state index contributed by atoms with van der Waals surface area (Å²) in [5.74, 6) is -1.60. The van der Waals surface area contributed by atoms with Crippen molar-refractivity contribution in [2.75, 3.05) is 14.1 Å². The van der Waals surface area contributed by atoms with E-state index in [0.29, 0.717) is 0 Å². The third-order valence-electron chi connectivity index (χ3n) is 2.83. The van der Waals surface area contributed by atoms with Gasteiger partial charge in [-0.05, 0) is 27.8 Å². The van der Waals surface area contributed by atoms with Crippen molar-refractivity contribution in [1.82, 2.24) is 15.5 Å². The Morgan fingerprint density at radius 2 is 1.76 bits per heavy atom. The fraction of sp³-hybridized carbons (Fsp3) is 0.700. The quantitative estimate of drug-likeness (QED) is 0.627. The lowest BCUT2D eigenvalue weighted by molar-refractivity contribution is -0.150. The first-order valence-electron chi connectivity index (χ1n) is 5.13. The van der Waals surface area contributed by atoms with Gasteiger partial charge in [-0.25, -0.2) is 4.79 Å². The molecule has 3 amide bonds. The van der Waals surface area contributed by atoms with Crippen molar-refractivity contribution < 1.29 is 19.5 Å². The van der Waals surface area contributed by atoms with E-state index in [1.807, 2.05) is 0 Å². The summed E-state index contributed by atoms with van der Waals surface area (Å²) in [7, 11) is 2.90. The Balaban J connectivity index is 4.71. The molecule has 0 aliphatic carbocycles. The summed E-state index contributed by atoms with van der Waals surface area (Å²) < 4.78 is 0. The molecule has 0 radical (unpaired) electrons. The van der Waals surface area contributed by atoms with Gasteiger partial charge in [0.05, 0.1) is 6.04 Å². The molecule has 0 aliphatic heterocycles. The number of carbonyl (C=O) groups is 3. The van der Waals surface area contributed by atoms with E-state index < -0.39 is 29.5 Å². The summed E-state index contributed by atoms with van der Waals surface area (Å²) in [6, 6.07) is -1.36. The Kier molecular flexibility index (Phi) is 5.09. The molecular formula is C10H19N3O4. The minimum Gasteiger partial charge on any atom is -0.480 e. The number of aliphatic carboxylic acids is 1. The second kappa shape index (κ2) is 5.62. The Morgan fingerprint density at radius 3 is 2.12 bits per heavy atom. The molecule has 0 aromatic carbocycles. The molecule has 7 nitrogen and oxygen atoms in total. The molecule has 0 saturated heterocycles. The molecule has 0 aromatic rings. The second-order valence-corrected chi connectivity index (χ2v) is 4.22. The fourth-order valence-electron chi connectivity index (χ4n) is 1.09. The lowest BCUT2D eigenvalue weighted by atomic mass is 10.0. The van der Waals surface area contributed by atoms with Crippen LogP contribution in [0, 0.1) is 0 Å². The van der Waals surface area contributed by atoms with Gasteiger partial charge >= 0.3 is 12.0 Å². The molecule has 0 aliphatic rings. The molecule has 98 valence electrons. The summed E-state index contributed by atoms with van der Waals surface area (Å²) in [6.45, 7) is 4.50. The molecule has 0 heterocycles. The van der Waals surface area contributed by atoms with Gasteiger partial charge in [0.15, 0.2) is 0 Å². The van der Waals surface area contributed by atoms with Crippen LogP contribution in [0.4, 0.5) is 4.79 Å². The Bertz CT molecular complexity index is 328. The van der Waals surface area contributed by atoms with Crippen molar-refractivity contribution in [1.29, 1.82) is 0 Å². The SMILES string of the molecule is CNC(=O)NC(=O)C(C)N(C)C(C)(C)C(=O)O. The monoisotopic (exact) mass is 245 g/mol. The molecule has 17 heavy (non-hydrogen) atoms. The topological polar surface area (TPSA) is 98.7 Å². The summed E-state index contributed by atoms with van der Waals surface area (Å²) in [5.41, 5.74) is -1.19. The molecule has 0 bridgehead atoms. The molecule has 0 rings (SSSR count). The van der Waals surface area contributed by atoms with Crippen molar-refractivity contribution in [3.63, 3.8) is 0 Å². The summed E-state index contributed by atoms with van der Waals surface area (Å²) in [5, 5.41) is 13.4. The zero-order valence-corrected chi connectivity index (χ0v) is 10.7. The van der Waals surface area contributed by atoms with Gasteiger partial charge in [0.2, 0.25) is 5.91 Å². The van der Waals surface area contributed by atoms with Crippen molar-refractivity contribution in [3.05, 3.63) is 0 Å². The first-order chi connectivity index (χ1) is 7.64. The normalized spacial score (nSPS) is 13.1. The molecule has 0 saturated carbocycles. The highest BCUT2D eigenvalue weighted by atomic mass is 16.4. The fourth-order valence-corrected chi connectivity index (χ4v) is 1.09. The van der Waals surface area contributed by atoms with Gasteiger partial charge in [-0.3, -0.25) is 19.8 Å². The van der Waals surface area contributed by atoms with E-state index in [1.165, 1.54) is 39.8 Å². The molecule has 3 N–H and O–H groups in total. The van der Waals surface area contributed by atoms with Crippen LogP contribution in [0.2, 0.25) is 0 Å². The van der Waals surface area contributed by atoms with Crippen LogP contribution in [0.3, 0.4) is 0 Å². The molecule has 0 spiro atoms. The first kappa shape index (κ1) is 15.4. The number of hydrogen-bond donors (Lipinski definition) is 3. The van der Waals surface area contributed by atoms with Gasteiger partial charge in [-0.15, -0.1) is 0 Å². The summed E-state index contributed by atoms with van der Waals surface area (Å²) >= 11 is 0. The van der Waals surface area contributed by atoms with Crippen LogP contribution in [-0.2, 0) is 9.59 Å². The van der Waals surface area contributed by atoms with Crippen molar-refractivity contribution >= 4 is 17.9 Å². The smallest absolute Gasteiger partial charge is 0.323 e. The number of amides is 3. The lowest BCUT2D eigenvalue weighted by Gasteiger charge is -2.35. The number of nitrogens with zero attached hydrogens (tertiary/aromatic N) is 1. The zero-order valence-electron chi connectivity index (χ0n) is 10.7. The van der Waals surface area contributed by atoms with Crippen LogP contribution < -0.4 is 10.6 Å². The van der Waals surface area contributed by atoms with Crippen molar-refractivity contribution in [2.45, 2.75) is 32.4 Å². The maximum absolute atomic E-state index is 11.6. The minimum atomic E-state index is -1.19. The van der Waals surface area contributed by atoms with Crippen molar-refractivity contribution in [2.24, 2.45) is 0 Å². The van der Waals surface area contributed by atoms with Crippen LogP contribution in [0.1, 0.15) is 20.8 Å². The number of rotatable bonds is 4. The molecule has 0 aromatic heterocycles. The van der Waals surface area contributed by atoms with Gasteiger partial charge in [0, 0.05) is 7.05 Å². The van der Waals surface area contributed by atoms with Crippen LogP contribution in [0.5, 0.6) is 0 Å². The maximum atomic E-state index is 11.6. The van der Waals surface area contributed by atoms with E-state index in [4.69, 9.17) is 5.11 Å². The number of carboxylic acids is 1. The molecular weight excluding hydrogens is 226 g/mol. The van der Waals surface area contributed by atoms with Gasteiger partial charge in [0.25, 0.3) is 0 Å². The number of carboxylic acid groups (broad SMARTS) is 1. The first-order valence-corrected chi connectivity index (χ1v) is 5.13. The molecule has 1 atom stereocenters. The van der Waals surface area contributed by atoms with Gasteiger partial charge in [0.1, 0.15) is 5.54 Å². The number of urea groups is 1. The van der Waals surface area contributed by atoms with Crippen molar-refractivity contribution in [3.8, 4) is 0 Å². The summed E-state index contributed by atoms with van der Waals surface area (Å²) in [4.78, 5) is 35.0. The Morgan fingerprint density at radius 1 is 1.29 bits per heavy atom. The lowest BCUT2D eigenvalue weighted by Crippen LogP contribution is -2.57. The number of likely N-dealkylation sites (N-methyl/N-ethyl adjacent to an activating group) is 1. The molecule has 1 unspecified atom stereocenters. The third-order valence-corrected chi connectivity index (χ3v) is 2.83. The maximum Gasteiger partial charge on any atom is 0.323 e. The Hall–Kier alpha value is -1.63. The highest BCUT2D eigenvalue weighted by Gasteiger charge is 2.37. The van der Waals surface area contributed by atoms with E-state index >= 15 is 0 Å². The van der Waals surface area contributed by atoms with E-state index in [0.717, 1.165) is 0 Å². The Labute approximate surface area is 100 Å². The van der Waals surface area contributed by atoms with E-state index in [9.17, 15) is 14.4 Å². The van der Waals surface area contributed by atoms with Crippen LogP contribution in [0.15, 0.2) is 0 Å². The van der Waals surface area contributed by atoms with E-state index in [-0.39, 0.29) is 0 Å². The van der Waals surface area contributed by atoms with E-state index in [2.05, 4.69) is 10.6 Å². The second-order valence-electron chi connectivity index (χ2n) is 4.22. The van der Waals surface area contributed by atoms with Gasteiger partial charge < -0.3 is 10.4 Å². The highest BCUT2D eigenvalue weighted by Crippen LogP contribution is 2.15. The van der Waals surface area contributed by atoms with Gasteiger partial charge in [-0.1, -0.05) is 0 Å². The zero-order chi connectivity index (χ0) is 13.8. The number of carbonyl (C=O) groups excluding carboxylic acids is 2. The largest absolute Gasteiger partial charge is 0.480 e. The third kappa shape index (κ3) is 3.70. The number of imide groups is 1. The average Bonchev–Trinajstić information content (AvgIpc) is 2.26. The van der Waals surface area contributed by atoms with E-state index in [1.54, 1.807) is 0 Å². The number of nitrogens with one attached hydrogen (secondary N) is 2. The highest BCUT2D eigenvalue weighted by molar-refractivity contribution is 5.97. The predicted molar refractivity (Wildman–Crippen MR) is 61.5 cm³/mol. The minimum absolute atomic E-state index is 0.554. The summed E-state index contributed by atoms with van der Waals surface area (Å²) in [6.07, 6.45) is 0. The predicted octanol–water partition coefficient (Wildman–Crippen LogP) is -0.374. The standard InChI is InChI=1S/C10H19N3O4/c1-6(7(14)12-9(17)11-4)13(5)10(2,3)8(15)16/h6H,1-5H3,(H,15,16)(H2,11,12,14,17). The van der Waals surface area contributed by atoms with Crippen LogP contribution >= 0.6 is 0 Å².